The molecule has 0 saturated carbocycles. The lowest BCUT2D eigenvalue weighted by Crippen LogP contribution is -2.54. The van der Waals surface area contributed by atoms with E-state index < -0.39 is 36.4 Å². The highest BCUT2D eigenvalue weighted by molar-refractivity contribution is 5.68. The number of hydrogen-bond acceptors (Lipinski definition) is 7. The molecule has 204 valence electrons. The van der Waals surface area contributed by atoms with Gasteiger partial charge in [-0.1, -0.05) is 91.0 Å². The molecule has 7 nitrogen and oxygen atoms in total. The van der Waals surface area contributed by atoms with E-state index in [0.717, 1.165) is 22.3 Å². The van der Waals surface area contributed by atoms with Crippen LogP contribution in [0.15, 0.2) is 103 Å². The highest BCUT2D eigenvalue weighted by Crippen LogP contribution is 2.31. The first-order valence-electron chi connectivity index (χ1n) is 13.0. The molecule has 4 rings (SSSR count). The van der Waals surface area contributed by atoms with E-state index in [1.165, 1.54) is 13.8 Å². The molecule has 0 bridgehead atoms. The van der Waals surface area contributed by atoms with Crippen molar-refractivity contribution in [2.45, 2.75) is 58.1 Å². The summed E-state index contributed by atoms with van der Waals surface area (Å²) in [6, 6.07) is 29.3. The summed E-state index contributed by atoms with van der Waals surface area (Å²) in [5.74, 6) is -1.01. The van der Waals surface area contributed by atoms with Crippen LogP contribution in [0, 0.1) is 0 Å². The zero-order valence-electron chi connectivity index (χ0n) is 22.2. The van der Waals surface area contributed by atoms with Crippen LogP contribution in [0.5, 0.6) is 0 Å². The van der Waals surface area contributed by atoms with Gasteiger partial charge in [-0.2, -0.15) is 0 Å². The van der Waals surface area contributed by atoms with Crippen LogP contribution in [0.3, 0.4) is 0 Å². The first-order chi connectivity index (χ1) is 19.0. The van der Waals surface area contributed by atoms with Gasteiger partial charge in [0.1, 0.15) is 12.2 Å². The third-order valence-electron chi connectivity index (χ3n) is 6.23. The van der Waals surface area contributed by atoms with Gasteiger partial charge in [-0.05, 0) is 28.3 Å². The van der Waals surface area contributed by atoms with Gasteiger partial charge in [-0.25, -0.2) is 0 Å². The van der Waals surface area contributed by atoms with Gasteiger partial charge in [-0.3, -0.25) is 9.59 Å². The Balaban J connectivity index is 1.64. The van der Waals surface area contributed by atoms with E-state index >= 15 is 0 Å². The maximum absolute atomic E-state index is 12.2. The molecule has 0 aromatic heterocycles. The Morgan fingerprint density at radius 3 is 1.59 bits per heavy atom. The minimum Gasteiger partial charge on any atom is -0.455 e. The standard InChI is InChI=1S/C32H34O7/c1-23(33)38-29-18-28(22-35-19-25-12-6-3-7-13-25)30(36-20-26-14-8-4-9-15-26)32(31(29)39-24(2)34)37-21-27-16-10-5-11-17-27/h3-18,29-32H,19-22H2,1-2H3/t29-,30+,31-,32-/m0/s1. The zero-order chi connectivity index (χ0) is 27.5. The molecule has 39 heavy (non-hydrogen) atoms. The van der Waals surface area contributed by atoms with Gasteiger partial charge >= 0.3 is 11.9 Å². The molecule has 3 aromatic carbocycles. The van der Waals surface area contributed by atoms with Crippen LogP contribution in [-0.4, -0.2) is 43.0 Å². The summed E-state index contributed by atoms with van der Waals surface area (Å²) >= 11 is 0. The van der Waals surface area contributed by atoms with Gasteiger partial charge in [0.05, 0.1) is 26.4 Å². The van der Waals surface area contributed by atoms with E-state index in [0.29, 0.717) is 13.2 Å². The molecule has 0 radical (unpaired) electrons. The monoisotopic (exact) mass is 530 g/mol. The van der Waals surface area contributed by atoms with Crippen LogP contribution >= 0.6 is 0 Å². The maximum atomic E-state index is 12.2. The van der Waals surface area contributed by atoms with Crippen molar-refractivity contribution < 1.29 is 33.3 Å². The van der Waals surface area contributed by atoms with Gasteiger partial charge in [0.2, 0.25) is 0 Å². The van der Waals surface area contributed by atoms with Crippen molar-refractivity contribution >= 4 is 11.9 Å². The van der Waals surface area contributed by atoms with E-state index in [2.05, 4.69) is 0 Å². The molecule has 1 aliphatic rings. The quantitative estimate of drug-likeness (QED) is 0.236. The molecule has 1 aliphatic carbocycles. The fraction of sp³-hybridized carbons (Fsp3) is 0.312. The fourth-order valence-corrected chi connectivity index (χ4v) is 4.49. The van der Waals surface area contributed by atoms with Crippen LogP contribution < -0.4 is 0 Å². The molecule has 0 amide bonds. The van der Waals surface area contributed by atoms with Crippen molar-refractivity contribution in [3.63, 3.8) is 0 Å². The second-order valence-corrected chi connectivity index (χ2v) is 9.35. The summed E-state index contributed by atoms with van der Waals surface area (Å²) in [6.07, 6.45) is -1.39. The minimum absolute atomic E-state index is 0.212. The number of hydrogen-bond donors (Lipinski definition) is 0. The molecule has 0 unspecified atom stereocenters. The lowest BCUT2D eigenvalue weighted by atomic mass is 9.88. The summed E-state index contributed by atoms with van der Waals surface area (Å²) < 4.78 is 30.2. The summed E-state index contributed by atoms with van der Waals surface area (Å²) in [4.78, 5) is 24.2. The summed E-state index contributed by atoms with van der Waals surface area (Å²) in [7, 11) is 0. The highest BCUT2D eigenvalue weighted by atomic mass is 16.6. The van der Waals surface area contributed by atoms with Gasteiger partial charge < -0.3 is 23.7 Å². The predicted molar refractivity (Wildman–Crippen MR) is 145 cm³/mol. The third-order valence-corrected chi connectivity index (χ3v) is 6.23. The number of benzene rings is 3. The lowest BCUT2D eigenvalue weighted by molar-refractivity contribution is -0.191. The molecular formula is C32H34O7. The Morgan fingerprint density at radius 2 is 1.08 bits per heavy atom. The Hall–Kier alpha value is -3.78. The van der Waals surface area contributed by atoms with E-state index in [1.54, 1.807) is 6.08 Å². The SMILES string of the molecule is CC(=O)O[C@@H]1[C@@H](OCc2ccccc2)[C@H](OCc2ccccc2)C(COCc2ccccc2)=C[C@@H]1OC(C)=O. The van der Waals surface area contributed by atoms with Crippen molar-refractivity contribution in [1.82, 2.24) is 0 Å². The number of carbonyl (C=O) groups is 2. The number of ether oxygens (including phenoxy) is 5. The molecule has 0 aliphatic heterocycles. The lowest BCUT2D eigenvalue weighted by Gasteiger charge is -2.40. The molecule has 0 fully saturated rings. The van der Waals surface area contributed by atoms with E-state index in [1.807, 2.05) is 91.0 Å². The molecule has 0 saturated heterocycles. The molecule has 0 spiro atoms. The van der Waals surface area contributed by atoms with E-state index in [-0.39, 0.29) is 13.2 Å². The molecule has 3 aromatic rings. The summed E-state index contributed by atoms with van der Waals surface area (Å²) in [6.45, 7) is 3.80. The summed E-state index contributed by atoms with van der Waals surface area (Å²) in [5.41, 5.74) is 3.70. The average molecular weight is 531 g/mol. The van der Waals surface area contributed by atoms with Crippen molar-refractivity contribution in [1.29, 1.82) is 0 Å². The molecule has 4 atom stereocenters. The molecule has 0 heterocycles. The Labute approximate surface area is 229 Å². The van der Waals surface area contributed by atoms with Crippen LogP contribution in [0.2, 0.25) is 0 Å². The van der Waals surface area contributed by atoms with Crippen molar-refractivity contribution in [3.8, 4) is 0 Å². The zero-order valence-corrected chi connectivity index (χ0v) is 22.2. The Kier molecular flexibility index (Phi) is 10.4. The van der Waals surface area contributed by atoms with E-state index in [9.17, 15) is 9.59 Å². The number of carbonyl (C=O) groups excluding carboxylic acids is 2. The average Bonchev–Trinajstić information content (AvgIpc) is 2.94. The largest absolute Gasteiger partial charge is 0.455 e. The number of esters is 2. The van der Waals surface area contributed by atoms with E-state index in [4.69, 9.17) is 23.7 Å². The van der Waals surface area contributed by atoms with Gasteiger partial charge in [0.25, 0.3) is 0 Å². The van der Waals surface area contributed by atoms with Gasteiger partial charge in [-0.15, -0.1) is 0 Å². The summed E-state index contributed by atoms with van der Waals surface area (Å²) in [5, 5.41) is 0. The molecule has 0 N–H and O–H groups in total. The number of rotatable bonds is 12. The van der Waals surface area contributed by atoms with Crippen LogP contribution in [0.25, 0.3) is 0 Å². The van der Waals surface area contributed by atoms with Gasteiger partial charge in [0.15, 0.2) is 12.2 Å². The topological polar surface area (TPSA) is 80.3 Å². The van der Waals surface area contributed by atoms with Crippen LogP contribution in [0.4, 0.5) is 0 Å². The van der Waals surface area contributed by atoms with Gasteiger partial charge in [0, 0.05) is 13.8 Å². The smallest absolute Gasteiger partial charge is 0.303 e. The third kappa shape index (κ3) is 8.61. The maximum Gasteiger partial charge on any atom is 0.303 e. The second-order valence-electron chi connectivity index (χ2n) is 9.35. The van der Waals surface area contributed by atoms with Crippen LogP contribution in [0.1, 0.15) is 30.5 Å². The van der Waals surface area contributed by atoms with Crippen molar-refractivity contribution in [2.24, 2.45) is 0 Å². The van der Waals surface area contributed by atoms with Crippen molar-refractivity contribution in [3.05, 3.63) is 119 Å². The molecular weight excluding hydrogens is 496 g/mol. The van der Waals surface area contributed by atoms with Crippen molar-refractivity contribution in [2.75, 3.05) is 6.61 Å². The van der Waals surface area contributed by atoms with Crippen LogP contribution in [-0.2, 0) is 53.1 Å². The second kappa shape index (κ2) is 14.4. The first-order valence-corrected chi connectivity index (χ1v) is 13.0. The minimum atomic E-state index is -0.909. The predicted octanol–water partition coefficient (Wildman–Crippen LogP) is 5.18. The first kappa shape index (κ1) is 28.2. The highest BCUT2D eigenvalue weighted by Gasteiger charge is 2.45. The normalized spacial score (nSPS) is 20.6. The Bertz CT molecular complexity index is 1210. The fourth-order valence-electron chi connectivity index (χ4n) is 4.49. The Morgan fingerprint density at radius 1 is 0.590 bits per heavy atom. The molecule has 7 heteroatoms.